The van der Waals surface area contributed by atoms with E-state index in [0.29, 0.717) is 11.5 Å². The Labute approximate surface area is 173 Å². The van der Waals surface area contributed by atoms with Crippen LogP contribution < -0.4 is 19.1 Å². The van der Waals surface area contributed by atoms with E-state index < -0.39 is 15.9 Å². The third-order valence-electron chi connectivity index (χ3n) is 4.28. The first-order valence-corrected chi connectivity index (χ1v) is 11.0. The van der Waals surface area contributed by atoms with Gasteiger partial charge in [0.1, 0.15) is 0 Å². The number of benzene rings is 2. The van der Waals surface area contributed by atoms with E-state index in [9.17, 15) is 13.2 Å². The molecular formula is C19H23BrN2O5S. The number of methoxy groups -OCH3 is 2. The highest BCUT2D eigenvalue weighted by Crippen LogP contribution is 2.36. The highest BCUT2D eigenvalue weighted by Gasteiger charge is 2.24. The zero-order valence-corrected chi connectivity index (χ0v) is 18.7. The lowest BCUT2D eigenvalue weighted by Crippen LogP contribution is -2.31. The fourth-order valence-electron chi connectivity index (χ4n) is 2.62. The van der Waals surface area contributed by atoms with Crippen LogP contribution in [0.1, 0.15) is 28.9 Å². The van der Waals surface area contributed by atoms with Gasteiger partial charge in [-0.05, 0) is 30.7 Å². The minimum Gasteiger partial charge on any atom is -0.493 e. The summed E-state index contributed by atoms with van der Waals surface area (Å²) >= 11 is 3.41. The Morgan fingerprint density at radius 2 is 1.75 bits per heavy atom. The lowest BCUT2D eigenvalue weighted by Gasteiger charge is -2.23. The van der Waals surface area contributed by atoms with Crippen LogP contribution in [-0.2, 0) is 10.0 Å². The number of nitrogens with one attached hydrogen (secondary N) is 1. The number of sulfonamides is 1. The molecule has 0 saturated carbocycles. The third-order valence-corrected chi connectivity index (χ3v) is 5.96. The van der Waals surface area contributed by atoms with E-state index in [-0.39, 0.29) is 17.3 Å². The van der Waals surface area contributed by atoms with Crippen LogP contribution in [0.15, 0.2) is 40.9 Å². The number of hydrogen-bond acceptors (Lipinski definition) is 5. The van der Waals surface area contributed by atoms with Gasteiger partial charge >= 0.3 is 0 Å². The molecule has 1 N–H and O–H groups in total. The molecule has 152 valence electrons. The van der Waals surface area contributed by atoms with Crippen molar-refractivity contribution in [1.29, 1.82) is 0 Å². The maximum atomic E-state index is 13.0. The van der Waals surface area contributed by atoms with Gasteiger partial charge in [-0.25, -0.2) is 8.42 Å². The zero-order chi connectivity index (χ0) is 21.1. The Morgan fingerprint density at radius 1 is 1.14 bits per heavy atom. The van der Waals surface area contributed by atoms with Crippen molar-refractivity contribution in [2.45, 2.75) is 13.0 Å². The Bertz CT molecular complexity index is 978. The Hall–Kier alpha value is -2.26. The fraction of sp³-hybridized carbons (Fsp3) is 0.316. The van der Waals surface area contributed by atoms with Crippen molar-refractivity contribution in [2.24, 2.45) is 0 Å². The molecule has 0 saturated heterocycles. The molecule has 2 aromatic carbocycles. The molecule has 0 bridgehead atoms. The zero-order valence-electron chi connectivity index (χ0n) is 16.3. The summed E-state index contributed by atoms with van der Waals surface area (Å²) < 4.78 is 36.6. The largest absolute Gasteiger partial charge is 0.493 e. The van der Waals surface area contributed by atoms with Gasteiger partial charge in [-0.1, -0.05) is 28.1 Å². The van der Waals surface area contributed by atoms with E-state index in [1.165, 1.54) is 33.4 Å². The first-order chi connectivity index (χ1) is 13.1. The van der Waals surface area contributed by atoms with Crippen molar-refractivity contribution < 1.29 is 22.7 Å². The summed E-state index contributed by atoms with van der Waals surface area (Å²) in [7, 11) is 0.678. The second-order valence-corrected chi connectivity index (χ2v) is 9.13. The van der Waals surface area contributed by atoms with Gasteiger partial charge in [0.05, 0.1) is 37.8 Å². The number of amides is 1. The van der Waals surface area contributed by atoms with Crippen LogP contribution >= 0.6 is 15.9 Å². The van der Waals surface area contributed by atoms with Gasteiger partial charge in [-0.2, -0.15) is 0 Å². The van der Waals surface area contributed by atoms with Crippen molar-refractivity contribution in [3.8, 4) is 11.5 Å². The minimum atomic E-state index is -3.59. The first-order valence-electron chi connectivity index (χ1n) is 8.34. The number of halogens is 1. The molecule has 0 unspecified atom stereocenters. The van der Waals surface area contributed by atoms with E-state index in [2.05, 4.69) is 21.2 Å². The molecule has 0 aliphatic carbocycles. The van der Waals surface area contributed by atoms with Gasteiger partial charge in [0.2, 0.25) is 10.0 Å². The van der Waals surface area contributed by atoms with Crippen LogP contribution in [0.3, 0.4) is 0 Å². The quantitative estimate of drug-likeness (QED) is 0.670. The predicted octanol–water partition coefficient (Wildman–Crippen LogP) is 3.35. The number of ether oxygens (including phenoxy) is 2. The molecule has 9 heteroatoms. The molecule has 0 heterocycles. The molecular weight excluding hydrogens is 448 g/mol. The van der Waals surface area contributed by atoms with Crippen LogP contribution in [0.5, 0.6) is 11.5 Å². The normalized spacial score (nSPS) is 12.2. The molecule has 1 amide bonds. The predicted molar refractivity (Wildman–Crippen MR) is 113 cm³/mol. The van der Waals surface area contributed by atoms with Crippen molar-refractivity contribution in [1.82, 2.24) is 5.32 Å². The average molecular weight is 471 g/mol. The van der Waals surface area contributed by atoms with Gasteiger partial charge in [-0.15, -0.1) is 0 Å². The SMILES string of the molecule is COc1cc(C(=O)N[C@H](C)c2cccc(Br)c2)c(N(C)S(C)(=O)=O)cc1OC. The lowest BCUT2D eigenvalue weighted by atomic mass is 10.1. The molecule has 2 aromatic rings. The molecule has 0 radical (unpaired) electrons. The molecule has 0 spiro atoms. The smallest absolute Gasteiger partial charge is 0.254 e. The fourth-order valence-corrected chi connectivity index (χ4v) is 3.55. The summed E-state index contributed by atoms with van der Waals surface area (Å²) in [6, 6.07) is 10.2. The minimum absolute atomic E-state index is 0.160. The standard InChI is InChI=1S/C19H23BrN2O5S/c1-12(13-7-6-8-14(20)9-13)21-19(23)15-10-17(26-3)18(27-4)11-16(15)22(2)28(5,24)25/h6-12H,1-5H3,(H,21,23)/t12-/m1/s1. The summed E-state index contributed by atoms with van der Waals surface area (Å²) in [6.07, 6.45) is 1.06. The molecule has 0 aliphatic rings. The van der Waals surface area contributed by atoms with Crippen molar-refractivity contribution in [3.63, 3.8) is 0 Å². The molecule has 0 aliphatic heterocycles. The first kappa shape index (κ1) is 22.0. The van der Waals surface area contributed by atoms with E-state index in [1.54, 1.807) is 0 Å². The number of hydrogen-bond donors (Lipinski definition) is 1. The molecule has 7 nitrogen and oxygen atoms in total. The number of rotatable bonds is 7. The summed E-state index contributed by atoms with van der Waals surface area (Å²) in [5.74, 6) is 0.219. The summed E-state index contributed by atoms with van der Waals surface area (Å²) in [4.78, 5) is 13.0. The maximum Gasteiger partial charge on any atom is 0.254 e. The number of nitrogens with zero attached hydrogens (tertiary/aromatic N) is 1. The van der Waals surface area contributed by atoms with Gasteiger partial charge in [-0.3, -0.25) is 9.10 Å². The lowest BCUT2D eigenvalue weighted by molar-refractivity contribution is 0.0940. The summed E-state index contributed by atoms with van der Waals surface area (Å²) in [5, 5.41) is 2.90. The number of carbonyl (C=O) groups is 1. The van der Waals surface area contributed by atoms with Gasteiger partial charge in [0, 0.05) is 17.6 Å². The van der Waals surface area contributed by atoms with E-state index >= 15 is 0 Å². The number of anilines is 1. The molecule has 2 rings (SSSR count). The van der Waals surface area contributed by atoms with Crippen LogP contribution in [0.25, 0.3) is 0 Å². The maximum absolute atomic E-state index is 13.0. The van der Waals surface area contributed by atoms with Crippen LogP contribution in [0.2, 0.25) is 0 Å². The highest BCUT2D eigenvalue weighted by molar-refractivity contribution is 9.10. The van der Waals surface area contributed by atoms with E-state index in [1.807, 2.05) is 31.2 Å². The second kappa shape index (κ2) is 8.83. The highest BCUT2D eigenvalue weighted by atomic mass is 79.9. The van der Waals surface area contributed by atoms with Gasteiger partial charge < -0.3 is 14.8 Å². The Morgan fingerprint density at radius 3 is 2.29 bits per heavy atom. The molecule has 1 atom stereocenters. The average Bonchev–Trinajstić information content (AvgIpc) is 2.65. The van der Waals surface area contributed by atoms with Crippen LogP contribution in [0, 0.1) is 0 Å². The summed E-state index contributed by atoms with van der Waals surface area (Å²) in [5.41, 5.74) is 1.26. The Balaban J connectivity index is 2.48. The van der Waals surface area contributed by atoms with Crippen molar-refractivity contribution in [3.05, 3.63) is 52.0 Å². The summed E-state index contributed by atoms with van der Waals surface area (Å²) in [6.45, 7) is 1.85. The molecule has 28 heavy (non-hydrogen) atoms. The Kier molecular flexibility index (Phi) is 6.95. The van der Waals surface area contributed by atoms with Crippen molar-refractivity contribution >= 4 is 37.5 Å². The third kappa shape index (κ3) is 4.96. The molecule has 0 fully saturated rings. The van der Waals surface area contributed by atoms with E-state index in [4.69, 9.17) is 9.47 Å². The topological polar surface area (TPSA) is 84.9 Å². The van der Waals surface area contributed by atoms with Gasteiger partial charge in [0.15, 0.2) is 11.5 Å². The van der Waals surface area contributed by atoms with Crippen LogP contribution in [-0.4, -0.2) is 41.8 Å². The second-order valence-electron chi connectivity index (χ2n) is 6.20. The monoisotopic (exact) mass is 470 g/mol. The van der Waals surface area contributed by atoms with E-state index in [0.717, 1.165) is 20.6 Å². The van der Waals surface area contributed by atoms with Crippen LogP contribution in [0.4, 0.5) is 5.69 Å². The van der Waals surface area contributed by atoms with Gasteiger partial charge in [0.25, 0.3) is 5.91 Å². The number of carbonyl (C=O) groups excluding carboxylic acids is 1. The molecule has 0 aromatic heterocycles. The van der Waals surface area contributed by atoms with Crippen molar-refractivity contribution in [2.75, 3.05) is 31.8 Å².